The summed E-state index contributed by atoms with van der Waals surface area (Å²) < 4.78 is 11.9. The molecule has 3 N–H and O–H groups in total. The number of hydrogen-bond donors (Lipinski definition) is 2. The fourth-order valence-electron chi connectivity index (χ4n) is 3.41. The molecule has 1 aromatic heterocycles. The molecule has 1 aliphatic rings. The Labute approximate surface area is 119 Å². The van der Waals surface area contributed by atoms with E-state index >= 15 is 0 Å². The molecule has 4 heteroatoms. The lowest BCUT2D eigenvalue weighted by Gasteiger charge is -2.26. The number of hydrazine groups is 1. The lowest BCUT2D eigenvalue weighted by molar-refractivity contribution is 0.0466. The molecule has 5 atom stereocenters. The molecule has 0 aliphatic carbocycles. The van der Waals surface area contributed by atoms with Gasteiger partial charge in [0.25, 0.3) is 0 Å². The highest BCUT2D eigenvalue weighted by Gasteiger charge is 2.43. The quantitative estimate of drug-likeness (QED) is 0.667. The lowest BCUT2D eigenvalue weighted by atomic mass is 9.82. The van der Waals surface area contributed by atoms with Gasteiger partial charge in [-0.3, -0.25) is 5.84 Å². The normalized spacial score (nSPS) is 31.8. The number of rotatable bonds is 3. The summed E-state index contributed by atoms with van der Waals surface area (Å²) in [4.78, 5) is 0. The summed E-state index contributed by atoms with van der Waals surface area (Å²) in [6.07, 6.45) is 0.407. The van der Waals surface area contributed by atoms with Crippen LogP contribution in [0.4, 0.5) is 0 Å². The molecule has 3 rings (SSSR count). The summed E-state index contributed by atoms with van der Waals surface area (Å²) in [6, 6.07) is 10.1. The third kappa shape index (κ3) is 2.14. The van der Waals surface area contributed by atoms with E-state index in [4.69, 9.17) is 15.0 Å². The van der Waals surface area contributed by atoms with Crippen LogP contribution >= 0.6 is 0 Å². The van der Waals surface area contributed by atoms with Gasteiger partial charge >= 0.3 is 0 Å². The zero-order valence-corrected chi connectivity index (χ0v) is 12.2. The van der Waals surface area contributed by atoms with Crippen LogP contribution in [0, 0.1) is 11.8 Å². The summed E-state index contributed by atoms with van der Waals surface area (Å²) in [5.41, 5.74) is 3.83. The molecule has 0 spiro atoms. The first-order valence-corrected chi connectivity index (χ1v) is 7.22. The highest BCUT2D eigenvalue weighted by Crippen LogP contribution is 2.41. The van der Waals surface area contributed by atoms with Crippen molar-refractivity contribution < 1.29 is 9.15 Å². The maximum atomic E-state index is 5.97. The molecule has 0 amide bonds. The van der Waals surface area contributed by atoms with Gasteiger partial charge in [-0.15, -0.1) is 0 Å². The average Bonchev–Trinajstić information content (AvgIpc) is 2.96. The van der Waals surface area contributed by atoms with Gasteiger partial charge < -0.3 is 9.15 Å². The maximum Gasteiger partial charge on any atom is 0.134 e. The van der Waals surface area contributed by atoms with Crippen molar-refractivity contribution in [3.05, 3.63) is 36.1 Å². The molecule has 108 valence electrons. The van der Waals surface area contributed by atoms with Crippen LogP contribution in [-0.2, 0) is 4.74 Å². The Bertz CT molecular complexity index is 562. The standard InChI is InChI=1S/C16H22N2O2/c1-9-10(2)19-11(3)15(9)16(18-17)14-8-12-6-4-5-7-13(12)20-14/h4-11,15-16,18H,17H2,1-3H3. The highest BCUT2D eigenvalue weighted by atomic mass is 16.5. The van der Waals surface area contributed by atoms with Gasteiger partial charge in [0.05, 0.1) is 18.2 Å². The number of hydrogen-bond acceptors (Lipinski definition) is 4. The molecule has 1 aliphatic heterocycles. The van der Waals surface area contributed by atoms with Gasteiger partial charge in [-0.1, -0.05) is 25.1 Å². The molecule has 0 saturated carbocycles. The SMILES string of the molecule is CC1OC(C)C(C(NN)c2cc3ccccc3o2)C1C. The Balaban J connectivity index is 1.97. The third-order valence-electron chi connectivity index (χ3n) is 4.63. The van der Waals surface area contributed by atoms with E-state index in [0.29, 0.717) is 11.8 Å². The van der Waals surface area contributed by atoms with E-state index in [1.807, 2.05) is 18.2 Å². The van der Waals surface area contributed by atoms with E-state index < -0.39 is 0 Å². The van der Waals surface area contributed by atoms with Gasteiger partial charge in [0, 0.05) is 11.3 Å². The highest BCUT2D eigenvalue weighted by molar-refractivity contribution is 5.77. The molecule has 4 nitrogen and oxygen atoms in total. The minimum atomic E-state index is -0.0302. The number of fused-ring (bicyclic) bond motifs is 1. The van der Waals surface area contributed by atoms with Gasteiger partial charge in [0.2, 0.25) is 0 Å². The number of furan rings is 1. The van der Waals surface area contributed by atoms with Crippen molar-refractivity contribution in [1.29, 1.82) is 0 Å². The predicted molar refractivity (Wildman–Crippen MR) is 78.9 cm³/mol. The molecule has 5 unspecified atom stereocenters. The van der Waals surface area contributed by atoms with Crippen molar-refractivity contribution in [1.82, 2.24) is 5.43 Å². The van der Waals surface area contributed by atoms with Gasteiger partial charge in [-0.2, -0.15) is 0 Å². The smallest absolute Gasteiger partial charge is 0.134 e. The summed E-state index contributed by atoms with van der Waals surface area (Å²) in [7, 11) is 0. The third-order valence-corrected chi connectivity index (χ3v) is 4.63. The predicted octanol–water partition coefficient (Wildman–Crippen LogP) is 3.00. The van der Waals surface area contributed by atoms with Crippen LogP contribution in [0.3, 0.4) is 0 Å². The maximum absolute atomic E-state index is 5.97. The Morgan fingerprint density at radius 1 is 1.15 bits per heavy atom. The summed E-state index contributed by atoms with van der Waals surface area (Å²) >= 11 is 0. The zero-order chi connectivity index (χ0) is 14.3. The number of nitrogens with one attached hydrogen (secondary N) is 1. The molecule has 1 fully saturated rings. The molecule has 0 radical (unpaired) electrons. The van der Waals surface area contributed by atoms with E-state index in [0.717, 1.165) is 16.7 Å². The molecule has 2 heterocycles. The van der Waals surface area contributed by atoms with Gasteiger partial charge in [0.15, 0.2) is 0 Å². The molecule has 20 heavy (non-hydrogen) atoms. The molecular weight excluding hydrogens is 252 g/mol. The van der Waals surface area contributed by atoms with Crippen LogP contribution in [0.1, 0.15) is 32.6 Å². The number of ether oxygens (including phenoxy) is 1. The number of benzene rings is 1. The Hall–Kier alpha value is -1.36. The monoisotopic (exact) mass is 274 g/mol. The molecule has 2 aromatic rings. The van der Waals surface area contributed by atoms with Crippen molar-refractivity contribution >= 4 is 11.0 Å². The lowest BCUT2D eigenvalue weighted by Crippen LogP contribution is -2.38. The average molecular weight is 274 g/mol. The van der Waals surface area contributed by atoms with Crippen LogP contribution in [0.2, 0.25) is 0 Å². The van der Waals surface area contributed by atoms with Crippen LogP contribution in [0.5, 0.6) is 0 Å². The van der Waals surface area contributed by atoms with Crippen molar-refractivity contribution in [3.8, 4) is 0 Å². The van der Waals surface area contributed by atoms with Crippen LogP contribution in [0.15, 0.2) is 34.7 Å². The van der Waals surface area contributed by atoms with Crippen LogP contribution < -0.4 is 11.3 Å². The van der Waals surface area contributed by atoms with Gasteiger partial charge in [0.1, 0.15) is 11.3 Å². The molecule has 1 saturated heterocycles. The first-order chi connectivity index (χ1) is 9.61. The van der Waals surface area contributed by atoms with Crippen molar-refractivity contribution in [3.63, 3.8) is 0 Å². The second-order valence-electron chi connectivity index (χ2n) is 5.81. The Kier molecular flexibility index (Phi) is 3.54. The number of para-hydroxylation sites is 1. The first kappa shape index (κ1) is 13.6. The fraction of sp³-hybridized carbons (Fsp3) is 0.500. The fourth-order valence-corrected chi connectivity index (χ4v) is 3.41. The number of nitrogens with two attached hydrogens (primary N) is 1. The second-order valence-corrected chi connectivity index (χ2v) is 5.81. The van der Waals surface area contributed by atoms with E-state index in [1.165, 1.54) is 0 Å². The van der Waals surface area contributed by atoms with Gasteiger partial charge in [-0.05, 0) is 31.9 Å². The van der Waals surface area contributed by atoms with E-state index in [-0.39, 0.29) is 18.2 Å². The van der Waals surface area contributed by atoms with E-state index in [2.05, 4.69) is 38.3 Å². The minimum absolute atomic E-state index is 0.0302. The Morgan fingerprint density at radius 2 is 1.90 bits per heavy atom. The second kappa shape index (κ2) is 5.20. The van der Waals surface area contributed by atoms with Crippen molar-refractivity contribution in [2.75, 3.05) is 0 Å². The molecule has 1 aromatic carbocycles. The zero-order valence-electron chi connectivity index (χ0n) is 12.2. The molecular formula is C16H22N2O2. The van der Waals surface area contributed by atoms with Crippen molar-refractivity contribution in [2.24, 2.45) is 17.7 Å². The minimum Gasteiger partial charge on any atom is -0.459 e. The van der Waals surface area contributed by atoms with Crippen molar-refractivity contribution in [2.45, 2.75) is 39.0 Å². The van der Waals surface area contributed by atoms with Crippen LogP contribution in [0.25, 0.3) is 11.0 Å². The summed E-state index contributed by atoms with van der Waals surface area (Å²) in [5, 5.41) is 1.11. The van der Waals surface area contributed by atoms with E-state index in [1.54, 1.807) is 0 Å². The summed E-state index contributed by atoms with van der Waals surface area (Å²) in [6.45, 7) is 6.44. The van der Waals surface area contributed by atoms with Gasteiger partial charge in [-0.25, -0.2) is 5.43 Å². The molecule has 0 bridgehead atoms. The topological polar surface area (TPSA) is 60.4 Å². The van der Waals surface area contributed by atoms with E-state index in [9.17, 15) is 0 Å². The summed E-state index contributed by atoms with van der Waals surface area (Å²) in [5.74, 6) is 7.43. The largest absolute Gasteiger partial charge is 0.459 e. The first-order valence-electron chi connectivity index (χ1n) is 7.22. The Morgan fingerprint density at radius 3 is 2.50 bits per heavy atom. The van der Waals surface area contributed by atoms with Crippen LogP contribution in [-0.4, -0.2) is 12.2 Å².